The van der Waals surface area contributed by atoms with E-state index in [1.54, 1.807) is 6.07 Å². The molecule has 0 fully saturated rings. The quantitative estimate of drug-likeness (QED) is 0.837. The molecule has 2 aromatic rings. The van der Waals surface area contributed by atoms with Gasteiger partial charge < -0.3 is 10.3 Å². The van der Waals surface area contributed by atoms with Gasteiger partial charge >= 0.3 is 0 Å². The Labute approximate surface area is 129 Å². The standard InChI is InChI=1S/C18H20N2O2/c1-12-5-4-7-13-6-2-3-8-15(13)17(12)20-18(22)14-9-10-19-16(21)11-14/h2-3,6,8-12,17H,4-5,7H2,1H3,(H,19,21)(H,20,22)/t12-,17+/m1/s1. The lowest BCUT2D eigenvalue weighted by Crippen LogP contribution is -2.33. The second-order valence-corrected chi connectivity index (χ2v) is 5.96. The molecule has 0 bridgehead atoms. The topological polar surface area (TPSA) is 62.0 Å². The Hall–Kier alpha value is -2.36. The maximum absolute atomic E-state index is 12.5. The molecular weight excluding hydrogens is 276 g/mol. The third-order valence-corrected chi connectivity index (χ3v) is 4.39. The molecule has 1 aromatic heterocycles. The van der Waals surface area contributed by atoms with Crippen LogP contribution in [0.1, 0.15) is 47.3 Å². The number of carbonyl (C=O) groups is 1. The van der Waals surface area contributed by atoms with E-state index in [1.807, 2.05) is 12.1 Å². The number of hydrogen-bond donors (Lipinski definition) is 2. The molecule has 2 N–H and O–H groups in total. The van der Waals surface area contributed by atoms with Crippen LogP contribution in [-0.2, 0) is 6.42 Å². The maximum atomic E-state index is 12.5. The summed E-state index contributed by atoms with van der Waals surface area (Å²) in [5.74, 6) is 0.175. The minimum Gasteiger partial charge on any atom is -0.345 e. The Morgan fingerprint density at radius 2 is 2.09 bits per heavy atom. The normalized spacial score (nSPS) is 20.8. The minimum absolute atomic E-state index is 0.00881. The highest BCUT2D eigenvalue weighted by Gasteiger charge is 2.26. The number of aromatic nitrogens is 1. The second-order valence-electron chi connectivity index (χ2n) is 5.96. The average molecular weight is 296 g/mol. The lowest BCUT2D eigenvalue weighted by molar-refractivity contribution is 0.0922. The highest BCUT2D eigenvalue weighted by molar-refractivity contribution is 5.94. The van der Waals surface area contributed by atoms with E-state index in [-0.39, 0.29) is 17.5 Å². The van der Waals surface area contributed by atoms with Gasteiger partial charge in [0.15, 0.2) is 0 Å². The number of nitrogens with one attached hydrogen (secondary N) is 2. The predicted octanol–water partition coefficient (Wildman–Crippen LogP) is 2.82. The predicted molar refractivity (Wildman–Crippen MR) is 85.8 cm³/mol. The third-order valence-electron chi connectivity index (χ3n) is 4.39. The maximum Gasteiger partial charge on any atom is 0.252 e. The Kier molecular flexibility index (Phi) is 4.09. The highest BCUT2D eigenvalue weighted by atomic mass is 16.2. The van der Waals surface area contributed by atoms with Crippen molar-refractivity contribution in [3.63, 3.8) is 0 Å². The summed E-state index contributed by atoms with van der Waals surface area (Å²) < 4.78 is 0. The van der Waals surface area contributed by atoms with Gasteiger partial charge in [-0.15, -0.1) is 0 Å². The van der Waals surface area contributed by atoms with Crippen molar-refractivity contribution in [1.29, 1.82) is 0 Å². The van der Waals surface area contributed by atoms with Crippen molar-refractivity contribution in [3.05, 3.63) is 69.6 Å². The van der Waals surface area contributed by atoms with Crippen molar-refractivity contribution in [3.8, 4) is 0 Å². The molecule has 114 valence electrons. The van der Waals surface area contributed by atoms with Crippen molar-refractivity contribution < 1.29 is 4.79 Å². The van der Waals surface area contributed by atoms with Crippen molar-refractivity contribution in [2.24, 2.45) is 5.92 Å². The number of amides is 1. The zero-order chi connectivity index (χ0) is 15.5. The Morgan fingerprint density at radius 3 is 2.91 bits per heavy atom. The first-order chi connectivity index (χ1) is 10.6. The lowest BCUT2D eigenvalue weighted by Gasteiger charge is -2.25. The van der Waals surface area contributed by atoms with Gasteiger partial charge in [0.2, 0.25) is 5.56 Å². The molecule has 2 atom stereocenters. The number of carbonyl (C=O) groups excluding carboxylic acids is 1. The van der Waals surface area contributed by atoms with Crippen LogP contribution in [0.25, 0.3) is 0 Å². The van der Waals surface area contributed by atoms with Crippen LogP contribution in [0.2, 0.25) is 0 Å². The number of aromatic amines is 1. The Bertz CT molecular complexity index is 736. The van der Waals surface area contributed by atoms with Gasteiger partial charge in [0.1, 0.15) is 0 Å². The van der Waals surface area contributed by atoms with Crippen LogP contribution in [0.15, 0.2) is 47.4 Å². The molecule has 4 nitrogen and oxygen atoms in total. The van der Waals surface area contributed by atoms with Crippen molar-refractivity contribution in [1.82, 2.24) is 10.3 Å². The largest absolute Gasteiger partial charge is 0.345 e. The SMILES string of the molecule is C[C@@H]1CCCc2ccccc2[C@H]1NC(=O)c1cc[nH]c(=O)c1. The van der Waals surface area contributed by atoms with Crippen LogP contribution >= 0.6 is 0 Å². The molecule has 0 radical (unpaired) electrons. The molecule has 0 aliphatic heterocycles. The van der Waals surface area contributed by atoms with Gasteiger partial charge in [-0.25, -0.2) is 0 Å². The van der Waals surface area contributed by atoms with E-state index < -0.39 is 0 Å². The highest BCUT2D eigenvalue weighted by Crippen LogP contribution is 2.33. The number of benzene rings is 1. The van der Waals surface area contributed by atoms with Crippen LogP contribution in [0.3, 0.4) is 0 Å². The number of H-pyrrole nitrogens is 1. The molecule has 1 aliphatic rings. The molecule has 1 amide bonds. The smallest absolute Gasteiger partial charge is 0.252 e. The van der Waals surface area contributed by atoms with E-state index in [0.29, 0.717) is 11.5 Å². The van der Waals surface area contributed by atoms with Crippen LogP contribution in [-0.4, -0.2) is 10.9 Å². The Balaban J connectivity index is 1.90. The molecule has 1 aromatic carbocycles. The molecule has 1 aliphatic carbocycles. The molecule has 1 heterocycles. The van der Waals surface area contributed by atoms with Crippen LogP contribution < -0.4 is 10.9 Å². The Morgan fingerprint density at radius 1 is 1.27 bits per heavy atom. The van der Waals surface area contributed by atoms with Gasteiger partial charge in [-0.2, -0.15) is 0 Å². The van der Waals surface area contributed by atoms with Gasteiger partial charge in [-0.1, -0.05) is 31.2 Å². The summed E-state index contributed by atoms with van der Waals surface area (Å²) in [4.78, 5) is 26.4. The number of fused-ring (bicyclic) bond motifs is 1. The monoisotopic (exact) mass is 296 g/mol. The zero-order valence-corrected chi connectivity index (χ0v) is 12.6. The van der Waals surface area contributed by atoms with Crippen LogP contribution in [0.5, 0.6) is 0 Å². The molecule has 0 spiro atoms. The zero-order valence-electron chi connectivity index (χ0n) is 12.6. The summed E-state index contributed by atoms with van der Waals surface area (Å²) in [6, 6.07) is 11.3. The van der Waals surface area contributed by atoms with E-state index in [0.717, 1.165) is 19.3 Å². The summed E-state index contributed by atoms with van der Waals surface area (Å²) in [5, 5.41) is 3.12. The number of pyridine rings is 1. The molecule has 0 unspecified atom stereocenters. The summed E-state index contributed by atoms with van der Waals surface area (Å²) in [5.41, 5.74) is 2.65. The van der Waals surface area contributed by atoms with E-state index in [9.17, 15) is 9.59 Å². The van der Waals surface area contributed by atoms with Gasteiger partial charge in [0.25, 0.3) is 5.91 Å². The number of aryl methyl sites for hydroxylation is 1. The molecule has 22 heavy (non-hydrogen) atoms. The number of rotatable bonds is 2. The van der Waals surface area contributed by atoms with Crippen molar-refractivity contribution >= 4 is 5.91 Å². The van der Waals surface area contributed by atoms with Gasteiger partial charge in [-0.05, 0) is 42.4 Å². The summed E-state index contributed by atoms with van der Waals surface area (Å²) in [6.45, 7) is 2.17. The van der Waals surface area contributed by atoms with Crippen molar-refractivity contribution in [2.75, 3.05) is 0 Å². The fourth-order valence-electron chi connectivity index (χ4n) is 3.18. The molecule has 3 rings (SSSR count). The molecule has 0 saturated heterocycles. The van der Waals surface area contributed by atoms with Gasteiger partial charge in [0, 0.05) is 17.8 Å². The van der Waals surface area contributed by atoms with E-state index in [1.165, 1.54) is 23.4 Å². The van der Waals surface area contributed by atoms with Gasteiger partial charge in [-0.3, -0.25) is 9.59 Å². The summed E-state index contributed by atoms with van der Waals surface area (Å²) in [6.07, 6.45) is 4.77. The minimum atomic E-state index is -0.262. The molecule has 4 heteroatoms. The van der Waals surface area contributed by atoms with E-state index in [4.69, 9.17) is 0 Å². The molecular formula is C18H20N2O2. The first-order valence-corrected chi connectivity index (χ1v) is 7.72. The van der Waals surface area contributed by atoms with Crippen LogP contribution in [0.4, 0.5) is 0 Å². The molecule has 0 saturated carbocycles. The van der Waals surface area contributed by atoms with E-state index >= 15 is 0 Å². The lowest BCUT2D eigenvalue weighted by atomic mass is 9.92. The first-order valence-electron chi connectivity index (χ1n) is 7.72. The summed E-state index contributed by atoms with van der Waals surface area (Å²) >= 11 is 0. The third kappa shape index (κ3) is 2.96. The fourth-order valence-corrected chi connectivity index (χ4v) is 3.18. The first kappa shape index (κ1) is 14.6. The second kappa shape index (κ2) is 6.18. The van der Waals surface area contributed by atoms with E-state index in [2.05, 4.69) is 29.4 Å². The fraction of sp³-hybridized carbons (Fsp3) is 0.333. The number of hydrogen-bond acceptors (Lipinski definition) is 2. The average Bonchev–Trinajstić information content (AvgIpc) is 2.67. The van der Waals surface area contributed by atoms with Crippen molar-refractivity contribution in [2.45, 2.75) is 32.2 Å². The summed E-state index contributed by atoms with van der Waals surface area (Å²) in [7, 11) is 0. The van der Waals surface area contributed by atoms with Gasteiger partial charge in [0.05, 0.1) is 6.04 Å². The van der Waals surface area contributed by atoms with Crippen LogP contribution in [0, 0.1) is 5.92 Å².